The second kappa shape index (κ2) is 7.10. The normalized spacial score (nSPS) is 13.7. The van der Waals surface area contributed by atoms with E-state index in [1.165, 1.54) is 27.8 Å². The van der Waals surface area contributed by atoms with Gasteiger partial charge in [-0.3, -0.25) is 4.79 Å². The lowest BCUT2D eigenvalue weighted by Crippen LogP contribution is -2.25. The summed E-state index contributed by atoms with van der Waals surface area (Å²) in [6.45, 7) is 1.37. The number of fused-ring (bicyclic) bond motifs is 4. The molecule has 0 amide bonds. The topological polar surface area (TPSA) is 115 Å². The van der Waals surface area contributed by atoms with Crippen LogP contribution in [0.15, 0.2) is 41.0 Å². The molecule has 0 aliphatic carbocycles. The summed E-state index contributed by atoms with van der Waals surface area (Å²) in [5.74, 6) is 0. The van der Waals surface area contributed by atoms with Gasteiger partial charge in [0.25, 0.3) is 5.56 Å². The van der Waals surface area contributed by atoms with Gasteiger partial charge in [-0.1, -0.05) is 12.1 Å². The predicted molar refractivity (Wildman–Crippen MR) is 121 cm³/mol. The van der Waals surface area contributed by atoms with E-state index in [0.717, 1.165) is 45.0 Å². The summed E-state index contributed by atoms with van der Waals surface area (Å²) in [7, 11) is 1.86. The fourth-order valence-electron chi connectivity index (χ4n) is 4.09. The number of hydrogen-bond acceptors (Lipinski definition) is 7. The third-order valence-corrected chi connectivity index (χ3v) is 6.58. The van der Waals surface area contributed by atoms with E-state index in [-0.39, 0.29) is 5.56 Å². The first kappa shape index (κ1) is 18.6. The Morgan fingerprint density at radius 1 is 1.43 bits per heavy atom. The standard InChI is InChI=1S/C21H21N7OS/c1-27-18-15(19-20(27)26-17(30-19)9-13(23)5-7-22)10-25-28(21(18)29)11-12-3-2-4-16-14(12)6-8-24-16/h2-5,7,10,22,24H,6,8-9,11,23H2,1H3. The number of thiazole rings is 1. The van der Waals surface area contributed by atoms with Gasteiger partial charge in [0, 0.05) is 43.0 Å². The number of benzene rings is 1. The quantitative estimate of drug-likeness (QED) is 0.430. The van der Waals surface area contributed by atoms with Crippen molar-refractivity contribution < 1.29 is 0 Å². The SMILES string of the molecule is Cn1c2nc(CC(N)=CC=N)sc2c2cnn(Cc3cccc4c3CCN4)c(=O)c21. The van der Waals surface area contributed by atoms with Crippen molar-refractivity contribution in [3.63, 3.8) is 0 Å². The van der Waals surface area contributed by atoms with E-state index < -0.39 is 0 Å². The Balaban J connectivity index is 1.57. The fourth-order valence-corrected chi connectivity index (χ4v) is 5.23. The monoisotopic (exact) mass is 419 g/mol. The van der Waals surface area contributed by atoms with Crippen LogP contribution in [0.1, 0.15) is 16.1 Å². The van der Waals surface area contributed by atoms with Gasteiger partial charge in [0.15, 0.2) is 5.65 Å². The Bertz CT molecular complexity index is 1390. The molecule has 9 heteroatoms. The molecule has 0 bridgehead atoms. The van der Waals surface area contributed by atoms with Crippen LogP contribution in [0.25, 0.3) is 21.3 Å². The molecule has 0 saturated carbocycles. The average Bonchev–Trinajstić information content (AvgIpc) is 3.41. The van der Waals surface area contributed by atoms with Gasteiger partial charge in [-0.15, -0.1) is 11.3 Å². The third-order valence-electron chi connectivity index (χ3n) is 5.51. The van der Waals surface area contributed by atoms with E-state index in [0.29, 0.717) is 24.2 Å². The molecular weight excluding hydrogens is 398 g/mol. The van der Waals surface area contributed by atoms with Crippen molar-refractivity contribution >= 4 is 44.5 Å². The van der Waals surface area contributed by atoms with Crippen molar-refractivity contribution in [3.8, 4) is 0 Å². The van der Waals surface area contributed by atoms with E-state index in [1.54, 1.807) is 12.3 Å². The molecule has 4 heterocycles. The highest BCUT2D eigenvalue weighted by atomic mass is 32.1. The lowest BCUT2D eigenvalue weighted by Gasteiger charge is -2.09. The minimum atomic E-state index is -0.117. The summed E-state index contributed by atoms with van der Waals surface area (Å²) in [5, 5.41) is 16.6. The molecule has 152 valence electrons. The maximum absolute atomic E-state index is 13.3. The van der Waals surface area contributed by atoms with E-state index in [1.807, 2.05) is 17.7 Å². The highest BCUT2D eigenvalue weighted by Gasteiger charge is 2.20. The highest BCUT2D eigenvalue weighted by molar-refractivity contribution is 7.19. The minimum Gasteiger partial charge on any atom is -0.402 e. The molecule has 0 fully saturated rings. The number of aromatic nitrogens is 4. The third kappa shape index (κ3) is 2.89. The van der Waals surface area contributed by atoms with Gasteiger partial charge in [-0.2, -0.15) is 5.10 Å². The zero-order valence-corrected chi connectivity index (χ0v) is 17.3. The van der Waals surface area contributed by atoms with Crippen LogP contribution in [0.3, 0.4) is 0 Å². The second-order valence-corrected chi connectivity index (χ2v) is 8.48. The maximum atomic E-state index is 13.3. The van der Waals surface area contributed by atoms with Gasteiger partial charge < -0.3 is 21.0 Å². The van der Waals surface area contributed by atoms with Crippen molar-refractivity contribution in [2.24, 2.45) is 12.8 Å². The lowest BCUT2D eigenvalue weighted by molar-refractivity contribution is 0.641. The van der Waals surface area contributed by atoms with Crippen molar-refractivity contribution in [2.75, 3.05) is 11.9 Å². The summed E-state index contributed by atoms with van der Waals surface area (Å²) in [4.78, 5) is 17.9. The first-order valence-electron chi connectivity index (χ1n) is 9.70. The zero-order chi connectivity index (χ0) is 20.8. The van der Waals surface area contributed by atoms with Gasteiger partial charge in [0.1, 0.15) is 10.5 Å². The Morgan fingerprint density at radius 3 is 3.13 bits per heavy atom. The van der Waals surface area contributed by atoms with E-state index in [9.17, 15) is 4.79 Å². The first-order valence-corrected chi connectivity index (χ1v) is 10.5. The molecule has 4 N–H and O–H groups in total. The van der Waals surface area contributed by atoms with Crippen LogP contribution in [-0.4, -0.2) is 32.1 Å². The van der Waals surface area contributed by atoms with Crippen LogP contribution in [0.5, 0.6) is 0 Å². The van der Waals surface area contributed by atoms with Crippen molar-refractivity contribution in [1.82, 2.24) is 19.3 Å². The van der Waals surface area contributed by atoms with E-state index in [4.69, 9.17) is 11.1 Å². The van der Waals surface area contributed by atoms with Gasteiger partial charge in [0.05, 0.1) is 17.4 Å². The summed E-state index contributed by atoms with van der Waals surface area (Å²) < 4.78 is 4.32. The number of nitrogens with two attached hydrogens (primary N) is 1. The Labute approximate surface area is 176 Å². The smallest absolute Gasteiger partial charge is 0.291 e. The molecule has 5 rings (SSSR count). The van der Waals surface area contributed by atoms with Crippen LogP contribution < -0.4 is 16.6 Å². The Kier molecular flexibility index (Phi) is 4.39. The molecule has 0 atom stereocenters. The van der Waals surface area contributed by atoms with E-state index >= 15 is 0 Å². The van der Waals surface area contributed by atoms with Crippen LogP contribution in [0.4, 0.5) is 5.69 Å². The first-order chi connectivity index (χ1) is 14.6. The average molecular weight is 420 g/mol. The largest absolute Gasteiger partial charge is 0.402 e. The number of anilines is 1. The number of nitrogens with zero attached hydrogens (tertiary/aromatic N) is 4. The molecule has 1 aliphatic heterocycles. The van der Waals surface area contributed by atoms with E-state index in [2.05, 4.69) is 27.5 Å². The van der Waals surface area contributed by atoms with Crippen LogP contribution in [-0.2, 0) is 26.4 Å². The maximum Gasteiger partial charge on any atom is 0.291 e. The summed E-state index contributed by atoms with van der Waals surface area (Å²) in [6.07, 6.45) is 5.93. The number of aryl methyl sites for hydroxylation is 1. The Hall–Kier alpha value is -3.46. The molecule has 0 unspecified atom stereocenters. The van der Waals surface area contributed by atoms with Gasteiger partial charge in [-0.25, -0.2) is 9.67 Å². The minimum absolute atomic E-state index is 0.117. The van der Waals surface area contributed by atoms with Crippen molar-refractivity contribution in [3.05, 3.63) is 62.7 Å². The molecule has 0 saturated heterocycles. The molecule has 1 aliphatic rings. The molecule has 0 spiro atoms. The molecule has 8 nitrogen and oxygen atoms in total. The molecule has 30 heavy (non-hydrogen) atoms. The van der Waals surface area contributed by atoms with Gasteiger partial charge >= 0.3 is 0 Å². The summed E-state index contributed by atoms with van der Waals surface area (Å²) in [5.41, 5.74) is 11.3. The lowest BCUT2D eigenvalue weighted by atomic mass is 10.1. The highest BCUT2D eigenvalue weighted by Crippen LogP contribution is 2.31. The summed E-state index contributed by atoms with van der Waals surface area (Å²) in [6, 6.07) is 6.15. The predicted octanol–water partition coefficient (Wildman–Crippen LogP) is 2.40. The van der Waals surface area contributed by atoms with Gasteiger partial charge in [-0.05, 0) is 29.7 Å². The van der Waals surface area contributed by atoms with Crippen LogP contribution >= 0.6 is 11.3 Å². The molecule has 4 aromatic rings. The van der Waals surface area contributed by atoms with Crippen molar-refractivity contribution in [1.29, 1.82) is 5.41 Å². The fraction of sp³-hybridized carbons (Fsp3) is 0.238. The zero-order valence-electron chi connectivity index (χ0n) is 16.5. The molecule has 3 aromatic heterocycles. The number of allylic oxidation sites excluding steroid dienone is 2. The Morgan fingerprint density at radius 2 is 2.30 bits per heavy atom. The second-order valence-electron chi connectivity index (χ2n) is 7.39. The molecular formula is C21H21N7OS. The number of rotatable bonds is 5. The number of hydrogen-bond donors (Lipinski definition) is 3. The van der Waals surface area contributed by atoms with Crippen LogP contribution in [0.2, 0.25) is 0 Å². The van der Waals surface area contributed by atoms with Crippen molar-refractivity contribution in [2.45, 2.75) is 19.4 Å². The molecule has 1 aromatic carbocycles. The summed E-state index contributed by atoms with van der Waals surface area (Å²) >= 11 is 1.51. The van der Waals surface area contributed by atoms with Gasteiger partial charge in [0.2, 0.25) is 0 Å². The van der Waals surface area contributed by atoms with Crippen LogP contribution in [0, 0.1) is 5.41 Å². The molecule has 0 radical (unpaired) electrons. The number of nitrogens with one attached hydrogen (secondary N) is 2.